The number of ether oxygens (including phenoxy) is 12. The molecule has 12 bridgehead atoms. The van der Waals surface area contributed by atoms with E-state index in [9.17, 15) is 91.9 Å². The molecule has 0 aromatic carbocycles. The number of fused-ring (bicyclic) bond motifs is 7. The quantitative estimate of drug-likeness (QED) is 0.0970. The molecule has 1 amide bonds. The molecule has 0 radical (unpaired) electrons. The van der Waals surface area contributed by atoms with Gasteiger partial charge in [0.1, 0.15) is 152 Å². The van der Waals surface area contributed by atoms with E-state index in [0.29, 0.717) is 30.6 Å². The molecule has 26 fully saturated rings. The zero-order valence-electron chi connectivity index (χ0n) is 59.5. The number of hydrogen-bond acceptors (Lipinski definition) is 33. The Morgan fingerprint density at radius 1 is 0.471 bits per heavy atom. The number of aromatic nitrogens is 3. The van der Waals surface area contributed by atoms with Crippen molar-refractivity contribution in [2.45, 2.75) is 310 Å². The largest absolute Gasteiger partial charge is 0.394 e. The summed E-state index contributed by atoms with van der Waals surface area (Å²) in [6.07, 6.45) is -48.3. The number of carbonyl (C=O) groups is 1. The van der Waals surface area contributed by atoms with E-state index in [1.807, 2.05) is 0 Å². The van der Waals surface area contributed by atoms with Gasteiger partial charge in [0.15, 0.2) is 37.7 Å². The van der Waals surface area contributed by atoms with Crippen molar-refractivity contribution in [2.75, 3.05) is 33.0 Å². The second kappa shape index (κ2) is 30.3. The molecular weight excluding hydrogens is 1380 g/mol. The summed E-state index contributed by atoms with van der Waals surface area (Å²) < 4.78 is 72.5. The molecule has 104 heavy (non-hydrogen) atoms. The van der Waals surface area contributed by atoms with E-state index in [-0.39, 0.29) is 57.7 Å². The maximum absolute atomic E-state index is 15.4. The van der Waals surface area contributed by atoms with Crippen LogP contribution in [0.4, 0.5) is 0 Å². The van der Waals surface area contributed by atoms with Crippen molar-refractivity contribution < 1.29 is 154 Å². The monoisotopic (exact) mass is 1490 g/mol. The molecule has 5 aliphatic carbocycles. The summed E-state index contributed by atoms with van der Waals surface area (Å²) in [5.74, 6) is 1.16. The molecule has 0 unspecified atom stereocenters. The lowest BCUT2D eigenvalue weighted by atomic mass is 9.33. The van der Waals surface area contributed by atoms with Crippen LogP contribution in [0, 0.1) is 56.7 Å². The summed E-state index contributed by atoms with van der Waals surface area (Å²) in [6.45, 7) is 10.8. The Labute approximate surface area is 600 Å². The fraction of sp³-hybridized carbons (Fsp3) is 0.928. The third-order valence-electron chi connectivity index (χ3n) is 27.3. The Bertz CT molecular complexity index is 3130. The van der Waals surface area contributed by atoms with E-state index in [2.05, 4.69) is 70.2 Å². The van der Waals surface area contributed by atoms with Crippen LogP contribution in [0.1, 0.15) is 112 Å². The van der Waals surface area contributed by atoms with Crippen molar-refractivity contribution in [3.05, 3.63) is 23.5 Å². The molecule has 23 heterocycles. The van der Waals surface area contributed by atoms with Gasteiger partial charge >= 0.3 is 0 Å². The number of nitrogens with zero attached hydrogens (tertiary/aromatic N) is 3. The van der Waals surface area contributed by atoms with Gasteiger partial charge in [0.2, 0.25) is 5.91 Å². The van der Waals surface area contributed by atoms with Gasteiger partial charge in [-0.2, -0.15) is 0 Å². The zero-order valence-corrected chi connectivity index (χ0v) is 59.5. The Morgan fingerprint density at radius 3 is 1.25 bits per heavy atom. The van der Waals surface area contributed by atoms with E-state index in [0.717, 1.165) is 44.9 Å². The molecule has 28 rings (SSSR count). The highest BCUT2D eigenvalue weighted by molar-refractivity contribution is 5.84. The van der Waals surface area contributed by atoms with Crippen molar-refractivity contribution in [1.82, 2.24) is 20.3 Å². The average Bonchev–Trinajstić information content (AvgIpc) is 0.691. The van der Waals surface area contributed by atoms with Crippen molar-refractivity contribution in [3.8, 4) is 0 Å². The number of hydrogen-bond donors (Lipinski definition) is 19. The molecule has 1 aromatic rings. The summed E-state index contributed by atoms with van der Waals surface area (Å²) in [7, 11) is 0. The fourth-order valence-electron chi connectivity index (χ4n) is 20.8. The minimum absolute atomic E-state index is 0.0335. The number of aliphatic hydroxyl groups excluding tert-OH is 18. The molecule has 27 aliphatic rings. The first-order chi connectivity index (χ1) is 49.2. The van der Waals surface area contributed by atoms with Crippen LogP contribution in [0.15, 0.2) is 17.8 Å². The molecule has 22 saturated heterocycles. The first-order valence-corrected chi connectivity index (χ1v) is 36.9. The summed E-state index contributed by atoms with van der Waals surface area (Å²) >= 11 is 0. The molecule has 4 saturated carbocycles. The van der Waals surface area contributed by atoms with E-state index >= 15 is 4.79 Å². The Hall–Kier alpha value is -2.85. The first kappa shape index (κ1) is 79.2. The van der Waals surface area contributed by atoms with Crippen molar-refractivity contribution >= 4 is 5.91 Å². The van der Waals surface area contributed by atoms with Gasteiger partial charge in [0.05, 0.1) is 63.8 Å². The maximum Gasteiger partial charge on any atom is 0.227 e. The lowest BCUT2D eigenvalue weighted by Gasteiger charge is -2.71. The predicted molar refractivity (Wildman–Crippen MR) is 346 cm³/mol. The molecule has 22 aliphatic heterocycles. The molecule has 1 aromatic heterocycles. The summed E-state index contributed by atoms with van der Waals surface area (Å²) in [4.78, 5) is 15.4. The van der Waals surface area contributed by atoms with Crippen LogP contribution in [-0.4, -0.2) is 336 Å². The van der Waals surface area contributed by atoms with Crippen LogP contribution in [-0.2, 0) is 74.7 Å². The van der Waals surface area contributed by atoms with E-state index in [1.165, 1.54) is 16.5 Å². The third kappa shape index (κ3) is 13.3. The second-order valence-corrected chi connectivity index (χ2v) is 33.0. The lowest BCUT2D eigenvalue weighted by molar-refractivity contribution is -0.403. The summed E-state index contributed by atoms with van der Waals surface area (Å²) in [5.41, 5.74) is 0.527. The minimum atomic E-state index is -2.21. The van der Waals surface area contributed by atoms with Gasteiger partial charge in [-0.15, -0.1) is 5.10 Å². The highest BCUT2D eigenvalue weighted by atomic mass is 16.8. The van der Waals surface area contributed by atoms with Gasteiger partial charge in [-0.05, 0) is 109 Å². The average molecular weight is 1490 g/mol. The van der Waals surface area contributed by atoms with Gasteiger partial charge in [-0.25, -0.2) is 4.68 Å². The SMILES string of the molecule is C[C@H]1[C@H](C)CC[C@]2(C(=O)NCc3cn(C[C@H]4O[C@@H]5O[C@H]6[C@H](O)[C@@H](O)[C@@H](O[C@H]7[C@H](O)[C@@H](O)[C@@H](O[C@H]8[C@H](O)[C@@H](O)[C@@H](O[C@H]9[C@H](O)[C@@H](O)[C@@H](O[C@H]%10[C@H](O)[C@@H](O)[C@@H](O[C@H]4[C@H](O)[C@H]5O)O[C@@H]%10CO)O[C@@H]9CO)O[C@@H]8CO)O[C@@H]7CO)O[C@@H]6CO)nn3)CC[C@]3(C)C(=CC[C@@H]4[C@@]5(C)CC[C@H](O)C(C)(C)[C@@H]5CC[C@]43C)[C@@H]12. The number of rotatable bonds is 10. The molecule has 35 nitrogen and oxygen atoms in total. The van der Waals surface area contributed by atoms with Crippen LogP contribution in [0.2, 0.25) is 0 Å². The Morgan fingerprint density at radius 2 is 0.856 bits per heavy atom. The topological polar surface area (TPSA) is 535 Å². The van der Waals surface area contributed by atoms with Crippen LogP contribution >= 0.6 is 0 Å². The van der Waals surface area contributed by atoms with Crippen molar-refractivity contribution in [2.24, 2.45) is 56.7 Å². The molecule has 19 N–H and O–H groups in total. The van der Waals surface area contributed by atoms with Crippen LogP contribution in [0.25, 0.3) is 0 Å². The third-order valence-corrected chi connectivity index (χ3v) is 27.3. The Kier molecular flexibility index (Phi) is 23.1. The van der Waals surface area contributed by atoms with Gasteiger partial charge < -0.3 is 154 Å². The van der Waals surface area contributed by atoms with Gasteiger partial charge in [-0.3, -0.25) is 4.79 Å². The van der Waals surface area contributed by atoms with Crippen LogP contribution < -0.4 is 5.32 Å². The molecule has 40 atom stereocenters. The van der Waals surface area contributed by atoms with E-state index in [4.69, 9.17) is 56.8 Å². The van der Waals surface area contributed by atoms with E-state index in [1.54, 1.807) is 0 Å². The lowest BCUT2D eigenvalue weighted by Crippen LogP contribution is -2.69. The van der Waals surface area contributed by atoms with Gasteiger partial charge in [-0.1, -0.05) is 65.3 Å². The van der Waals surface area contributed by atoms with Crippen molar-refractivity contribution in [1.29, 1.82) is 0 Å². The smallest absolute Gasteiger partial charge is 0.227 e. The molecule has 592 valence electrons. The number of nitrogens with one attached hydrogen (secondary N) is 1. The van der Waals surface area contributed by atoms with Gasteiger partial charge in [0, 0.05) is 0 Å². The zero-order chi connectivity index (χ0) is 74.9. The second-order valence-electron chi connectivity index (χ2n) is 33.0. The highest BCUT2D eigenvalue weighted by Crippen LogP contribution is 2.76. The number of allylic oxidation sites excluding steroid dienone is 2. The predicted octanol–water partition coefficient (Wildman–Crippen LogP) is -6.12. The van der Waals surface area contributed by atoms with Gasteiger partial charge in [0.25, 0.3) is 0 Å². The van der Waals surface area contributed by atoms with Crippen LogP contribution in [0.3, 0.4) is 0 Å². The standard InChI is InChI=1S/C69H110N4O31/c1-26-10-15-69(17-16-67(6)29(39(69)27(26)2)8-9-37-66(5)13-12-38(79)65(3,4)36(66)11-14-68(37,67)7)64(92)70-18-28-19-73(72-71-28)20-30-52-40(80)46(86)58(93-30)100-53-31(21-74)95-60(48(88)42(53)82)102-55-33(23-76)97-62(50(90)44(55)84)104-57-35(25-78)98-63(51(91)45(57)85)103-56-34(24-77)96-61(49(89)43(56)83)101-54-32(22-75)94-59(99-52)47(87)41(54)81/h8,19,26-27,30-63,74-91H,9-18,20-25H2,1-7H3,(H,70,92)/t26-,27+,30-,31-,32-,33-,34-,35-,36+,37-,38+,39-,40-,41-,42-,43-,44-,45-,46-,47-,48-,49-,50-,51-,52-,53-,54-,55-,56-,57-,58-,59-,60-,61-,62-,63-,66+,67-,68-,69+/m1/s1. The number of carbonyl (C=O) groups excluding carboxylic acids is 1. The van der Waals surface area contributed by atoms with Crippen molar-refractivity contribution in [3.63, 3.8) is 0 Å². The van der Waals surface area contributed by atoms with E-state index < -0.39 is 229 Å². The Balaban J connectivity index is 0.768. The molecule has 35 heteroatoms. The highest BCUT2D eigenvalue weighted by Gasteiger charge is 2.70. The first-order valence-electron chi connectivity index (χ1n) is 36.9. The fourth-order valence-corrected chi connectivity index (χ4v) is 20.8. The number of amides is 1. The molecular formula is C69H110N4O31. The summed E-state index contributed by atoms with van der Waals surface area (Å²) in [5, 5.41) is 217. The minimum Gasteiger partial charge on any atom is -0.394 e. The number of aliphatic hydroxyl groups is 18. The maximum atomic E-state index is 15.4. The normalized spacial score (nSPS) is 53.4. The molecule has 0 spiro atoms. The van der Waals surface area contributed by atoms with Crippen LogP contribution in [0.5, 0.6) is 0 Å². The summed E-state index contributed by atoms with van der Waals surface area (Å²) in [6, 6.07) is 0.